The number of amides is 1. The van der Waals surface area contributed by atoms with E-state index in [-0.39, 0.29) is 5.91 Å². The number of thiophene rings is 1. The number of aryl methyl sites for hydroxylation is 3. The van der Waals surface area contributed by atoms with Gasteiger partial charge in [0, 0.05) is 62.1 Å². The van der Waals surface area contributed by atoms with E-state index in [0.717, 1.165) is 60.2 Å². The van der Waals surface area contributed by atoms with Gasteiger partial charge in [-0.05, 0) is 49.1 Å². The molecule has 4 rings (SSSR count). The van der Waals surface area contributed by atoms with Crippen molar-refractivity contribution in [2.75, 3.05) is 26.2 Å². The maximum Gasteiger partial charge on any atom is 0.264 e. The minimum absolute atomic E-state index is 0.108. The van der Waals surface area contributed by atoms with Gasteiger partial charge in [-0.3, -0.25) is 14.4 Å². The summed E-state index contributed by atoms with van der Waals surface area (Å²) in [7, 11) is 1.95. The van der Waals surface area contributed by atoms with Crippen LogP contribution in [0.4, 0.5) is 0 Å². The summed E-state index contributed by atoms with van der Waals surface area (Å²) in [5, 5.41) is 7.11. The number of piperazine rings is 1. The van der Waals surface area contributed by atoms with E-state index < -0.39 is 0 Å². The van der Waals surface area contributed by atoms with E-state index in [1.807, 2.05) is 60.1 Å². The van der Waals surface area contributed by atoms with Gasteiger partial charge in [0.2, 0.25) is 0 Å². The first-order valence-corrected chi connectivity index (χ1v) is 11.6. The summed E-state index contributed by atoms with van der Waals surface area (Å²) in [5.41, 5.74) is 4.33. The summed E-state index contributed by atoms with van der Waals surface area (Å²) in [6.07, 6.45) is 2.08. The zero-order valence-electron chi connectivity index (χ0n) is 18.1. The fourth-order valence-electron chi connectivity index (χ4n) is 3.81. The average molecular weight is 459 g/mol. The van der Waals surface area contributed by atoms with Crippen molar-refractivity contribution in [3.05, 3.63) is 68.1 Å². The van der Waals surface area contributed by atoms with E-state index in [4.69, 9.17) is 16.3 Å². The lowest BCUT2D eigenvalue weighted by molar-refractivity contribution is 0.0633. The molecule has 1 aliphatic rings. The van der Waals surface area contributed by atoms with Crippen LogP contribution < -0.4 is 4.74 Å². The molecule has 1 saturated heterocycles. The highest BCUT2D eigenvalue weighted by atomic mass is 35.5. The monoisotopic (exact) mass is 458 g/mol. The van der Waals surface area contributed by atoms with E-state index >= 15 is 0 Å². The number of hydrogen-bond acceptors (Lipinski definition) is 5. The predicted octanol–water partition coefficient (Wildman–Crippen LogP) is 4.29. The molecule has 31 heavy (non-hydrogen) atoms. The number of rotatable bonds is 6. The maximum atomic E-state index is 13.0. The lowest BCUT2D eigenvalue weighted by Crippen LogP contribution is -2.48. The minimum Gasteiger partial charge on any atom is -0.489 e. The molecule has 8 heteroatoms. The highest BCUT2D eigenvalue weighted by molar-refractivity contribution is 7.12. The molecule has 0 atom stereocenters. The first-order chi connectivity index (χ1) is 14.9. The molecule has 0 N–H and O–H groups in total. The Morgan fingerprint density at radius 3 is 2.65 bits per heavy atom. The van der Waals surface area contributed by atoms with Gasteiger partial charge in [0.1, 0.15) is 12.4 Å². The summed E-state index contributed by atoms with van der Waals surface area (Å²) >= 11 is 7.48. The fraction of sp³-hybridized carbons (Fsp3) is 0.391. The summed E-state index contributed by atoms with van der Waals surface area (Å²) < 4.78 is 7.77. The van der Waals surface area contributed by atoms with Crippen LogP contribution in [-0.2, 0) is 20.2 Å². The lowest BCUT2D eigenvalue weighted by atomic mass is 10.2. The molecule has 3 aromatic rings. The van der Waals surface area contributed by atoms with Gasteiger partial charge in [-0.1, -0.05) is 11.6 Å². The molecule has 1 fully saturated rings. The number of nitrogens with zero attached hydrogens (tertiary/aromatic N) is 4. The molecular weight excluding hydrogens is 432 g/mol. The third kappa shape index (κ3) is 5.29. The molecule has 2 aromatic heterocycles. The van der Waals surface area contributed by atoms with Crippen LogP contribution in [0.15, 0.2) is 35.8 Å². The van der Waals surface area contributed by atoms with Crippen LogP contribution in [0.3, 0.4) is 0 Å². The minimum atomic E-state index is 0.108. The van der Waals surface area contributed by atoms with Crippen LogP contribution in [0.25, 0.3) is 0 Å². The molecule has 0 radical (unpaired) electrons. The number of hydrogen-bond donors (Lipinski definition) is 0. The predicted molar refractivity (Wildman–Crippen MR) is 124 cm³/mol. The Kier molecular flexibility index (Phi) is 6.65. The second-order valence-corrected chi connectivity index (χ2v) is 9.35. The Hall–Kier alpha value is -2.35. The van der Waals surface area contributed by atoms with E-state index in [2.05, 4.69) is 16.2 Å². The maximum absolute atomic E-state index is 13.0. The Morgan fingerprint density at radius 1 is 1.19 bits per heavy atom. The summed E-state index contributed by atoms with van der Waals surface area (Å²) in [6.45, 7) is 8.56. The van der Waals surface area contributed by atoms with Gasteiger partial charge < -0.3 is 9.64 Å². The standard InChI is InChI=1S/C23H27ClN4O2S/c1-16-10-20(24)4-5-21(16)30-14-18-11-22(31-15-18)23(29)28-8-6-27(7-9-28)13-19-12-26(3)25-17(19)2/h4-5,10-12,15H,6-9,13-14H2,1-3H3. The molecule has 0 bridgehead atoms. The number of aromatic nitrogens is 2. The van der Waals surface area contributed by atoms with Crippen molar-refractivity contribution < 1.29 is 9.53 Å². The molecule has 0 unspecified atom stereocenters. The van der Waals surface area contributed by atoms with Crippen molar-refractivity contribution in [1.82, 2.24) is 19.6 Å². The summed E-state index contributed by atoms with van der Waals surface area (Å²) in [5.74, 6) is 0.916. The Bertz CT molecular complexity index is 1070. The van der Waals surface area contributed by atoms with Crippen molar-refractivity contribution in [2.45, 2.75) is 27.0 Å². The molecule has 0 spiro atoms. The number of carbonyl (C=O) groups is 1. The molecule has 1 aromatic carbocycles. The van der Waals surface area contributed by atoms with Crippen LogP contribution >= 0.6 is 22.9 Å². The second-order valence-electron chi connectivity index (χ2n) is 8.00. The Labute approximate surface area is 192 Å². The van der Waals surface area contributed by atoms with Crippen LogP contribution in [-0.4, -0.2) is 51.7 Å². The van der Waals surface area contributed by atoms with Gasteiger partial charge in [0.05, 0.1) is 10.6 Å². The van der Waals surface area contributed by atoms with Crippen LogP contribution in [0, 0.1) is 13.8 Å². The number of benzene rings is 1. The SMILES string of the molecule is Cc1cc(Cl)ccc1OCc1csc(C(=O)N2CCN(Cc3cn(C)nc3C)CC2)c1. The Balaban J connectivity index is 1.29. The quantitative estimate of drug-likeness (QED) is 0.553. The molecule has 0 saturated carbocycles. The van der Waals surface area contributed by atoms with Crippen LogP contribution in [0.5, 0.6) is 5.75 Å². The van der Waals surface area contributed by atoms with E-state index in [9.17, 15) is 4.79 Å². The summed E-state index contributed by atoms with van der Waals surface area (Å²) in [4.78, 5) is 18.1. The van der Waals surface area contributed by atoms with Gasteiger partial charge in [-0.2, -0.15) is 5.10 Å². The van der Waals surface area contributed by atoms with Gasteiger partial charge >= 0.3 is 0 Å². The fourth-order valence-corrected chi connectivity index (χ4v) is 4.90. The summed E-state index contributed by atoms with van der Waals surface area (Å²) in [6, 6.07) is 7.53. The molecule has 164 valence electrons. The van der Waals surface area contributed by atoms with Crippen molar-refractivity contribution in [3.63, 3.8) is 0 Å². The highest BCUT2D eigenvalue weighted by Gasteiger charge is 2.24. The number of ether oxygens (including phenoxy) is 1. The van der Waals surface area contributed by atoms with Gasteiger partial charge in [0.25, 0.3) is 5.91 Å². The zero-order chi connectivity index (χ0) is 22.0. The van der Waals surface area contributed by atoms with E-state index in [1.165, 1.54) is 16.9 Å². The zero-order valence-corrected chi connectivity index (χ0v) is 19.7. The molecule has 6 nitrogen and oxygen atoms in total. The largest absolute Gasteiger partial charge is 0.489 e. The van der Waals surface area contributed by atoms with Crippen LogP contribution in [0.2, 0.25) is 5.02 Å². The highest BCUT2D eigenvalue weighted by Crippen LogP contribution is 2.24. The molecular formula is C23H27ClN4O2S. The third-order valence-corrected chi connectivity index (χ3v) is 6.77. The van der Waals surface area contributed by atoms with Crippen molar-refractivity contribution in [3.8, 4) is 5.75 Å². The van der Waals surface area contributed by atoms with Crippen molar-refractivity contribution in [2.24, 2.45) is 7.05 Å². The van der Waals surface area contributed by atoms with E-state index in [1.54, 1.807) is 0 Å². The second kappa shape index (κ2) is 9.42. The van der Waals surface area contributed by atoms with Gasteiger partial charge in [0.15, 0.2) is 0 Å². The van der Waals surface area contributed by atoms with Crippen molar-refractivity contribution in [1.29, 1.82) is 0 Å². The molecule has 3 heterocycles. The first-order valence-electron chi connectivity index (χ1n) is 10.4. The average Bonchev–Trinajstić information content (AvgIpc) is 3.33. The molecule has 1 aliphatic heterocycles. The van der Waals surface area contributed by atoms with Gasteiger partial charge in [-0.25, -0.2) is 0 Å². The number of halogens is 1. The third-order valence-electron chi connectivity index (χ3n) is 5.56. The van der Waals surface area contributed by atoms with E-state index in [0.29, 0.717) is 11.6 Å². The Morgan fingerprint density at radius 2 is 1.97 bits per heavy atom. The first kappa shape index (κ1) is 21.9. The topological polar surface area (TPSA) is 50.6 Å². The molecule has 1 amide bonds. The smallest absolute Gasteiger partial charge is 0.264 e. The molecule has 0 aliphatic carbocycles. The van der Waals surface area contributed by atoms with Crippen LogP contribution in [0.1, 0.15) is 32.1 Å². The van der Waals surface area contributed by atoms with Gasteiger partial charge in [-0.15, -0.1) is 11.3 Å². The normalized spacial score (nSPS) is 14.8. The van der Waals surface area contributed by atoms with Crippen molar-refractivity contribution >= 4 is 28.8 Å². The number of carbonyl (C=O) groups excluding carboxylic acids is 1. The lowest BCUT2D eigenvalue weighted by Gasteiger charge is -2.34.